The van der Waals surface area contributed by atoms with E-state index in [1.54, 1.807) is 0 Å². The highest BCUT2D eigenvalue weighted by atomic mass is 16.3. The lowest BCUT2D eigenvalue weighted by atomic mass is 9.94. The van der Waals surface area contributed by atoms with E-state index in [1.807, 2.05) is 0 Å². The Bertz CT molecular complexity index is 219. The topological polar surface area (TPSA) is 35.5 Å². The van der Waals surface area contributed by atoms with E-state index in [0.29, 0.717) is 0 Å². The normalized spacial score (nSPS) is 25.8. The smallest absolute Gasteiger partial charge is 0.0771 e. The summed E-state index contributed by atoms with van der Waals surface area (Å²) < 4.78 is 0. The Morgan fingerprint density at radius 2 is 1.50 bits per heavy atom. The Morgan fingerprint density at radius 3 is 2.17 bits per heavy atom. The molecular formula is C15H30N2O. The van der Waals surface area contributed by atoms with Crippen molar-refractivity contribution in [3.8, 4) is 0 Å². The molecule has 1 saturated carbocycles. The van der Waals surface area contributed by atoms with Crippen molar-refractivity contribution >= 4 is 0 Å². The third kappa shape index (κ3) is 4.87. The zero-order valence-corrected chi connectivity index (χ0v) is 11.8. The minimum Gasteiger partial charge on any atom is -0.389 e. The summed E-state index contributed by atoms with van der Waals surface area (Å²) in [6.07, 6.45) is 11.1. The molecular weight excluding hydrogens is 224 g/mol. The third-order valence-corrected chi connectivity index (χ3v) is 4.54. The van der Waals surface area contributed by atoms with Crippen molar-refractivity contribution in [1.82, 2.24) is 10.2 Å². The number of hydrogen-bond acceptors (Lipinski definition) is 3. The number of nitrogens with zero attached hydrogens (tertiary/aromatic N) is 1. The van der Waals surface area contributed by atoms with Crippen LogP contribution < -0.4 is 5.32 Å². The van der Waals surface area contributed by atoms with Crippen molar-refractivity contribution in [3.63, 3.8) is 0 Å². The number of aliphatic hydroxyl groups is 1. The molecule has 0 spiro atoms. The molecule has 0 aromatic carbocycles. The van der Waals surface area contributed by atoms with Gasteiger partial charge in [0.2, 0.25) is 0 Å². The SMILES string of the molecule is OC1(CNCCN2CCCCC2)CCCCCC1. The Balaban J connectivity index is 1.58. The molecule has 1 heterocycles. The molecule has 1 aliphatic heterocycles. The first-order valence-corrected chi connectivity index (χ1v) is 7.94. The van der Waals surface area contributed by atoms with Gasteiger partial charge in [-0.05, 0) is 38.8 Å². The van der Waals surface area contributed by atoms with E-state index in [1.165, 1.54) is 58.0 Å². The van der Waals surface area contributed by atoms with Crippen LogP contribution in [0.15, 0.2) is 0 Å². The van der Waals surface area contributed by atoms with Gasteiger partial charge < -0.3 is 15.3 Å². The predicted octanol–water partition coefficient (Wildman–Crippen LogP) is 2.15. The van der Waals surface area contributed by atoms with Gasteiger partial charge in [-0.25, -0.2) is 0 Å². The van der Waals surface area contributed by atoms with Gasteiger partial charge in [-0.1, -0.05) is 32.1 Å². The van der Waals surface area contributed by atoms with Crippen molar-refractivity contribution in [2.45, 2.75) is 63.4 Å². The van der Waals surface area contributed by atoms with Gasteiger partial charge in [0.15, 0.2) is 0 Å². The van der Waals surface area contributed by atoms with Gasteiger partial charge in [0, 0.05) is 19.6 Å². The van der Waals surface area contributed by atoms with E-state index in [0.717, 1.165) is 32.5 Å². The number of hydrogen-bond donors (Lipinski definition) is 2. The molecule has 0 amide bonds. The van der Waals surface area contributed by atoms with Gasteiger partial charge in [0.05, 0.1) is 5.60 Å². The minimum atomic E-state index is -0.418. The molecule has 0 radical (unpaired) electrons. The lowest BCUT2D eigenvalue weighted by Crippen LogP contribution is -2.43. The van der Waals surface area contributed by atoms with E-state index >= 15 is 0 Å². The van der Waals surface area contributed by atoms with Crippen LogP contribution in [0.5, 0.6) is 0 Å². The average Bonchev–Trinajstić information content (AvgIpc) is 2.61. The first-order chi connectivity index (χ1) is 8.79. The van der Waals surface area contributed by atoms with Crippen molar-refractivity contribution < 1.29 is 5.11 Å². The summed E-state index contributed by atoms with van der Waals surface area (Å²) in [6, 6.07) is 0. The zero-order valence-electron chi connectivity index (χ0n) is 11.8. The zero-order chi connectivity index (χ0) is 12.7. The fourth-order valence-corrected chi connectivity index (χ4v) is 3.30. The Kier molecular flexibility index (Phi) is 5.93. The number of nitrogens with one attached hydrogen (secondary N) is 1. The van der Waals surface area contributed by atoms with Gasteiger partial charge in [-0.2, -0.15) is 0 Å². The third-order valence-electron chi connectivity index (χ3n) is 4.54. The number of likely N-dealkylation sites (tertiary alicyclic amines) is 1. The molecule has 3 nitrogen and oxygen atoms in total. The van der Waals surface area contributed by atoms with Crippen LogP contribution in [0, 0.1) is 0 Å². The second-order valence-corrected chi connectivity index (χ2v) is 6.22. The number of rotatable bonds is 5. The second-order valence-electron chi connectivity index (χ2n) is 6.22. The van der Waals surface area contributed by atoms with E-state index < -0.39 is 5.60 Å². The van der Waals surface area contributed by atoms with E-state index in [2.05, 4.69) is 10.2 Å². The largest absolute Gasteiger partial charge is 0.389 e. The summed E-state index contributed by atoms with van der Waals surface area (Å²) in [7, 11) is 0. The van der Waals surface area contributed by atoms with Gasteiger partial charge in [0.1, 0.15) is 0 Å². The van der Waals surface area contributed by atoms with Crippen LogP contribution in [0.4, 0.5) is 0 Å². The highest BCUT2D eigenvalue weighted by Gasteiger charge is 2.27. The molecule has 1 saturated heterocycles. The van der Waals surface area contributed by atoms with Crippen molar-refractivity contribution in [1.29, 1.82) is 0 Å². The number of piperidine rings is 1. The summed E-state index contributed by atoms with van der Waals surface area (Å²) in [4.78, 5) is 2.55. The summed E-state index contributed by atoms with van der Waals surface area (Å²) >= 11 is 0. The molecule has 0 bridgehead atoms. The fraction of sp³-hybridized carbons (Fsp3) is 1.00. The quantitative estimate of drug-likeness (QED) is 0.583. The second kappa shape index (κ2) is 7.46. The molecule has 106 valence electrons. The van der Waals surface area contributed by atoms with Crippen LogP contribution in [0.2, 0.25) is 0 Å². The maximum atomic E-state index is 10.5. The van der Waals surface area contributed by atoms with Crippen LogP contribution >= 0.6 is 0 Å². The lowest BCUT2D eigenvalue weighted by molar-refractivity contribution is 0.0248. The molecule has 2 aliphatic rings. The molecule has 0 unspecified atom stereocenters. The Morgan fingerprint density at radius 1 is 0.889 bits per heavy atom. The molecule has 0 aromatic heterocycles. The van der Waals surface area contributed by atoms with Gasteiger partial charge in [-0.15, -0.1) is 0 Å². The van der Waals surface area contributed by atoms with Crippen LogP contribution in [0.3, 0.4) is 0 Å². The highest BCUT2D eigenvalue weighted by Crippen LogP contribution is 2.26. The van der Waals surface area contributed by atoms with Crippen LogP contribution in [0.25, 0.3) is 0 Å². The molecule has 2 fully saturated rings. The average molecular weight is 254 g/mol. The maximum absolute atomic E-state index is 10.5. The Hall–Kier alpha value is -0.120. The molecule has 2 rings (SSSR count). The molecule has 18 heavy (non-hydrogen) atoms. The summed E-state index contributed by atoms with van der Waals surface area (Å²) in [5, 5.41) is 14.0. The van der Waals surface area contributed by atoms with E-state index in [4.69, 9.17) is 0 Å². The highest BCUT2D eigenvalue weighted by molar-refractivity contribution is 4.83. The monoisotopic (exact) mass is 254 g/mol. The first kappa shape index (κ1) is 14.3. The summed E-state index contributed by atoms with van der Waals surface area (Å²) in [6.45, 7) is 5.51. The standard InChI is InChI=1S/C15H30N2O/c18-15(8-4-1-2-5-9-15)14-16-10-13-17-11-6-3-7-12-17/h16,18H,1-14H2. The van der Waals surface area contributed by atoms with Crippen molar-refractivity contribution in [2.75, 3.05) is 32.7 Å². The van der Waals surface area contributed by atoms with Crippen LogP contribution in [-0.2, 0) is 0 Å². The van der Waals surface area contributed by atoms with Crippen LogP contribution in [-0.4, -0.2) is 48.3 Å². The van der Waals surface area contributed by atoms with Crippen molar-refractivity contribution in [3.05, 3.63) is 0 Å². The lowest BCUT2D eigenvalue weighted by Gasteiger charge is -2.29. The maximum Gasteiger partial charge on any atom is 0.0771 e. The molecule has 1 aliphatic carbocycles. The molecule has 2 N–H and O–H groups in total. The molecule has 0 aromatic rings. The predicted molar refractivity (Wildman–Crippen MR) is 75.8 cm³/mol. The van der Waals surface area contributed by atoms with Gasteiger partial charge >= 0.3 is 0 Å². The summed E-state index contributed by atoms with van der Waals surface area (Å²) in [5.74, 6) is 0. The van der Waals surface area contributed by atoms with Gasteiger partial charge in [-0.3, -0.25) is 0 Å². The molecule has 3 heteroatoms. The van der Waals surface area contributed by atoms with E-state index in [-0.39, 0.29) is 0 Å². The fourth-order valence-electron chi connectivity index (χ4n) is 3.30. The first-order valence-electron chi connectivity index (χ1n) is 7.94. The van der Waals surface area contributed by atoms with Crippen molar-refractivity contribution in [2.24, 2.45) is 0 Å². The molecule has 0 atom stereocenters. The summed E-state index contributed by atoms with van der Waals surface area (Å²) in [5.41, 5.74) is -0.418. The van der Waals surface area contributed by atoms with Gasteiger partial charge in [0.25, 0.3) is 0 Å². The van der Waals surface area contributed by atoms with E-state index in [9.17, 15) is 5.11 Å². The minimum absolute atomic E-state index is 0.418. The van der Waals surface area contributed by atoms with Crippen LogP contribution in [0.1, 0.15) is 57.8 Å². The Labute approximate surface area is 112 Å².